The van der Waals surface area contributed by atoms with Crippen LogP contribution in [0, 0.1) is 0 Å². The summed E-state index contributed by atoms with van der Waals surface area (Å²) in [7, 11) is 0. The van der Waals surface area contributed by atoms with Crippen LogP contribution in [0.4, 0.5) is 5.69 Å². The van der Waals surface area contributed by atoms with Gasteiger partial charge in [-0.1, -0.05) is 47.7 Å². The van der Waals surface area contributed by atoms with E-state index in [2.05, 4.69) is 16.4 Å². The second-order valence-electron chi connectivity index (χ2n) is 5.91. The average molecular weight is 350 g/mol. The zero-order valence-corrected chi connectivity index (χ0v) is 14.5. The first-order valence-corrected chi connectivity index (χ1v) is 9.27. The van der Waals surface area contributed by atoms with E-state index in [1.165, 1.54) is 0 Å². The summed E-state index contributed by atoms with van der Waals surface area (Å²) in [6.07, 6.45) is 2.69. The van der Waals surface area contributed by atoms with Gasteiger partial charge in [-0.05, 0) is 29.9 Å². The quantitative estimate of drug-likeness (QED) is 0.726. The monoisotopic (exact) mass is 350 g/mol. The Morgan fingerprint density at radius 1 is 1.08 bits per heavy atom. The molecule has 2 aromatic carbocycles. The summed E-state index contributed by atoms with van der Waals surface area (Å²) in [5, 5.41) is 8.23. The molecule has 1 aliphatic rings. The molecule has 0 saturated heterocycles. The van der Waals surface area contributed by atoms with Crippen LogP contribution in [0.5, 0.6) is 0 Å². The van der Waals surface area contributed by atoms with E-state index in [0.29, 0.717) is 18.8 Å². The molecule has 4 rings (SSSR count). The number of carbonyl (C=O) groups is 1. The largest absolute Gasteiger partial charge is 0.306 e. The van der Waals surface area contributed by atoms with Crippen molar-refractivity contribution < 1.29 is 4.79 Å². The molecule has 0 radical (unpaired) electrons. The van der Waals surface area contributed by atoms with Crippen molar-refractivity contribution in [1.29, 1.82) is 0 Å². The number of anilines is 1. The van der Waals surface area contributed by atoms with Crippen LogP contribution in [0.15, 0.2) is 65.7 Å². The molecule has 1 aliphatic heterocycles. The van der Waals surface area contributed by atoms with E-state index >= 15 is 0 Å². The molecule has 0 spiro atoms. The first-order chi connectivity index (χ1) is 12.3. The van der Waals surface area contributed by atoms with E-state index in [1.807, 2.05) is 53.4 Å². The average Bonchev–Trinajstić information content (AvgIpc) is 3.00. The van der Waals surface area contributed by atoms with Gasteiger partial charge in [-0.2, -0.15) is 0 Å². The molecule has 0 N–H and O–H groups in total. The van der Waals surface area contributed by atoms with Gasteiger partial charge in [0.15, 0.2) is 5.69 Å². The molecule has 25 heavy (non-hydrogen) atoms. The summed E-state index contributed by atoms with van der Waals surface area (Å²) in [6.45, 7) is 1.31. The molecule has 5 nitrogen and oxygen atoms in total. The fourth-order valence-corrected chi connectivity index (χ4v) is 3.92. The second kappa shape index (κ2) is 7.11. The molecule has 1 aromatic heterocycles. The Bertz CT molecular complexity index is 878. The van der Waals surface area contributed by atoms with Gasteiger partial charge in [0.2, 0.25) is 0 Å². The number of hydrogen-bond acceptors (Lipinski definition) is 4. The maximum absolute atomic E-state index is 13.0. The lowest BCUT2D eigenvalue weighted by Gasteiger charge is -2.21. The summed E-state index contributed by atoms with van der Waals surface area (Å²) in [5.74, 6) is 0.927. The highest BCUT2D eigenvalue weighted by atomic mass is 32.2. The maximum atomic E-state index is 13.0. The number of hydrogen-bond donors (Lipinski definition) is 0. The van der Waals surface area contributed by atoms with E-state index < -0.39 is 0 Å². The molecule has 1 amide bonds. The number of benzene rings is 2. The van der Waals surface area contributed by atoms with Crippen LogP contribution >= 0.6 is 11.8 Å². The first kappa shape index (κ1) is 15.9. The number of rotatable bonds is 3. The molecule has 0 saturated carbocycles. The minimum atomic E-state index is -0.0886. The minimum Gasteiger partial charge on any atom is -0.306 e. The third kappa shape index (κ3) is 3.44. The highest BCUT2D eigenvalue weighted by Crippen LogP contribution is 2.34. The van der Waals surface area contributed by atoms with Crippen molar-refractivity contribution in [3.05, 3.63) is 72.1 Å². The number of carbonyl (C=O) groups excluding carboxylic acids is 1. The maximum Gasteiger partial charge on any atom is 0.280 e. The highest BCUT2D eigenvalue weighted by Gasteiger charge is 2.24. The molecule has 3 aromatic rings. The summed E-state index contributed by atoms with van der Waals surface area (Å²) < 4.78 is 1.71. The predicted octanol–water partition coefficient (Wildman–Crippen LogP) is 3.47. The van der Waals surface area contributed by atoms with Crippen LogP contribution in [0.2, 0.25) is 0 Å². The van der Waals surface area contributed by atoms with Crippen molar-refractivity contribution in [3.63, 3.8) is 0 Å². The van der Waals surface area contributed by atoms with Crippen LogP contribution in [-0.4, -0.2) is 33.2 Å². The van der Waals surface area contributed by atoms with E-state index in [4.69, 9.17) is 0 Å². The van der Waals surface area contributed by atoms with Gasteiger partial charge in [0.05, 0.1) is 18.4 Å². The van der Waals surface area contributed by atoms with Crippen LogP contribution in [0.1, 0.15) is 22.5 Å². The van der Waals surface area contributed by atoms with Crippen molar-refractivity contribution in [1.82, 2.24) is 15.0 Å². The molecule has 0 unspecified atom stereocenters. The van der Waals surface area contributed by atoms with Gasteiger partial charge in [0.1, 0.15) is 0 Å². The number of para-hydroxylation sites is 1. The zero-order valence-electron chi connectivity index (χ0n) is 13.7. The van der Waals surface area contributed by atoms with Crippen LogP contribution < -0.4 is 4.90 Å². The minimum absolute atomic E-state index is 0.0886. The Morgan fingerprint density at radius 2 is 1.88 bits per heavy atom. The van der Waals surface area contributed by atoms with Crippen LogP contribution in [0.25, 0.3) is 0 Å². The standard InChI is InChI=1S/C19H18N4OS/c24-19(23-11-6-12-25-18-10-5-4-9-17(18)23)16-14-22(21-20-16)13-15-7-2-1-3-8-15/h1-5,7-10,14H,6,11-13H2. The van der Waals surface area contributed by atoms with Gasteiger partial charge in [-0.15, -0.1) is 16.9 Å². The number of fused-ring (bicyclic) bond motifs is 1. The van der Waals surface area contributed by atoms with E-state index in [0.717, 1.165) is 28.3 Å². The Balaban J connectivity index is 1.57. The van der Waals surface area contributed by atoms with E-state index in [-0.39, 0.29) is 5.91 Å². The van der Waals surface area contributed by atoms with Gasteiger partial charge in [0.25, 0.3) is 5.91 Å². The molecule has 126 valence electrons. The van der Waals surface area contributed by atoms with Crippen molar-refractivity contribution in [2.24, 2.45) is 0 Å². The Morgan fingerprint density at radius 3 is 2.76 bits per heavy atom. The van der Waals surface area contributed by atoms with E-state index in [9.17, 15) is 4.79 Å². The summed E-state index contributed by atoms with van der Waals surface area (Å²) in [5.41, 5.74) is 2.48. The molecule has 0 fully saturated rings. The predicted molar refractivity (Wildman–Crippen MR) is 99.0 cm³/mol. The smallest absolute Gasteiger partial charge is 0.280 e. The molecule has 0 aliphatic carbocycles. The molecular weight excluding hydrogens is 332 g/mol. The van der Waals surface area contributed by atoms with Gasteiger partial charge in [0, 0.05) is 11.4 Å². The van der Waals surface area contributed by atoms with Crippen molar-refractivity contribution >= 4 is 23.4 Å². The topological polar surface area (TPSA) is 51.0 Å². The Labute approximate surface area is 150 Å². The Hall–Kier alpha value is -2.60. The lowest BCUT2D eigenvalue weighted by molar-refractivity contribution is 0.0982. The van der Waals surface area contributed by atoms with Gasteiger partial charge in [-0.3, -0.25) is 4.79 Å². The number of amides is 1. The summed E-state index contributed by atoms with van der Waals surface area (Å²) in [4.78, 5) is 16.0. The highest BCUT2D eigenvalue weighted by molar-refractivity contribution is 7.99. The molecule has 0 bridgehead atoms. The molecule has 0 atom stereocenters. The summed E-state index contributed by atoms with van der Waals surface area (Å²) in [6, 6.07) is 18.1. The van der Waals surface area contributed by atoms with Gasteiger partial charge >= 0.3 is 0 Å². The van der Waals surface area contributed by atoms with Crippen molar-refractivity contribution in [2.75, 3.05) is 17.2 Å². The van der Waals surface area contributed by atoms with Crippen molar-refractivity contribution in [3.8, 4) is 0 Å². The Kier molecular flexibility index (Phi) is 4.52. The lowest BCUT2D eigenvalue weighted by Crippen LogP contribution is -2.32. The number of nitrogens with zero attached hydrogens (tertiary/aromatic N) is 4. The SMILES string of the molecule is O=C(c1cn(Cc2ccccc2)nn1)N1CCCSc2ccccc21. The number of aromatic nitrogens is 3. The van der Waals surface area contributed by atoms with Crippen LogP contribution in [-0.2, 0) is 6.54 Å². The zero-order chi connectivity index (χ0) is 17.1. The third-order valence-corrected chi connectivity index (χ3v) is 5.28. The molecular formula is C19H18N4OS. The third-order valence-electron chi connectivity index (χ3n) is 4.13. The fraction of sp³-hybridized carbons (Fsp3) is 0.211. The first-order valence-electron chi connectivity index (χ1n) is 8.29. The van der Waals surface area contributed by atoms with Gasteiger partial charge in [-0.25, -0.2) is 4.68 Å². The fourth-order valence-electron chi connectivity index (χ4n) is 2.92. The van der Waals surface area contributed by atoms with E-state index in [1.54, 1.807) is 22.6 Å². The van der Waals surface area contributed by atoms with Crippen LogP contribution in [0.3, 0.4) is 0 Å². The number of thioether (sulfide) groups is 1. The lowest BCUT2D eigenvalue weighted by atomic mass is 10.2. The van der Waals surface area contributed by atoms with Gasteiger partial charge < -0.3 is 4.90 Å². The molecule has 6 heteroatoms. The summed E-state index contributed by atoms with van der Waals surface area (Å²) >= 11 is 1.80. The normalized spacial score (nSPS) is 14.0. The second-order valence-corrected chi connectivity index (χ2v) is 7.05. The van der Waals surface area contributed by atoms with Crippen molar-refractivity contribution in [2.45, 2.75) is 17.9 Å². The molecule has 2 heterocycles.